The molecular weight excluding hydrogens is 228 g/mol. The van der Waals surface area contributed by atoms with Gasteiger partial charge in [-0.15, -0.1) is 0 Å². The average molecular weight is 238 g/mol. The van der Waals surface area contributed by atoms with Crippen molar-refractivity contribution in [1.82, 2.24) is 4.98 Å². The highest BCUT2D eigenvalue weighted by Gasteiger charge is 2.08. The molecule has 4 nitrogen and oxygen atoms in total. The first-order valence-corrected chi connectivity index (χ1v) is 5.31. The number of nitrogens with zero attached hydrogens (tertiary/aromatic N) is 2. The van der Waals surface area contributed by atoms with Crippen molar-refractivity contribution < 1.29 is 9.90 Å². The van der Waals surface area contributed by atoms with Gasteiger partial charge in [0.2, 0.25) is 0 Å². The fraction of sp³-hybridized carbons (Fsp3) is 0.0714. The first-order chi connectivity index (χ1) is 8.61. The number of aromatic nitrogens is 1. The van der Waals surface area contributed by atoms with Crippen LogP contribution in [0.15, 0.2) is 36.7 Å². The van der Waals surface area contributed by atoms with Crippen molar-refractivity contribution in [2.75, 3.05) is 0 Å². The minimum absolute atomic E-state index is 0.251. The third-order valence-corrected chi connectivity index (χ3v) is 2.65. The van der Waals surface area contributed by atoms with Gasteiger partial charge in [-0.05, 0) is 36.2 Å². The van der Waals surface area contributed by atoms with Gasteiger partial charge in [-0.1, -0.05) is 6.07 Å². The van der Waals surface area contributed by atoms with E-state index in [0.29, 0.717) is 5.56 Å². The molecule has 0 amide bonds. The molecular formula is C14H10N2O2. The number of carboxylic acids is 1. The monoisotopic (exact) mass is 238 g/mol. The van der Waals surface area contributed by atoms with Crippen LogP contribution in [0.25, 0.3) is 11.1 Å². The Kier molecular flexibility index (Phi) is 3.07. The van der Waals surface area contributed by atoms with Crippen LogP contribution in [0.3, 0.4) is 0 Å². The van der Waals surface area contributed by atoms with E-state index >= 15 is 0 Å². The van der Waals surface area contributed by atoms with E-state index in [0.717, 1.165) is 16.7 Å². The Morgan fingerprint density at radius 2 is 2.11 bits per heavy atom. The quantitative estimate of drug-likeness (QED) is 0.872. The fourth-order valence-electron chi connectivity index (χ4n) is 1.77. The number of aryl methyl sites for hydroxylation is 1. The van der Waals surface area contributed by atoms with Crippen molar-refractivity contribution >= 4 is 5.97 Å². The summed E-state index contributed by atoms with van der Waals surface area (Å²) in [6.07, 6.45) is 3.15. The number of hydrogen-bond acceptors (Lipinski definition) is 3. The Morgan fingerprint density at radius 3 is 2.72 bits per heavy atom. The lowest BCUT2D eigenvalue weighted by Crippen LogP contribution is -1.97. The average Bonchev–Trinajstić information content (AvgIpc) is 2.38. The Balaban J connectivity index is 2.51. The van der Waals surface area contributed by atoms with Crippen LogP contribution < -0.4 is 0 Å². The second kappa shape index (κ2) is 4.68. The van der Waals surface area contributed by atoms with Gasteiger partial charge in [-0.2, -0.15) is 5.26 Å². The van der Waals surface area contributed by atoms with Gasteiger partial charge in [-0.3, -0.25) is 4.98 Å². The molecule has 0 aliphatic rings. The van der Waals surface area contributed by atoms with Crippen molar-refractivity contribution in [2.45, 2.75) is 6.92 Å². The van der Waals surface area contributed by atoms with Gasteiger partial charge in [0.1, 0.15) is 6.07 Å². The molecule has 88 valence electrons. The molecule has 1 aromatic carbocycles. The molecule has 0 spiro atoms. The topological polar surface area (TPSA) is 74.0 Å². The van der Waals surface area contributed by atoms with Crippen LogP contribution in [0, 0.1) is 18.3 Å². The molecule has 0 atom stereocenters. The molecule has 0 radical (unpaired) electrons. The van der Waals surface area contributed by atoms with Crippen molar-refractivity contribution in [1.29, 1.82) is 5.26 Å². The molecule has 0 saturated carbocycles. The number of pyridine rings is 1. The molecule has 1 aromatic heterocycles. The van der Waals surface area contributed by atoms with Crippen molar-refractivity contribution in [3.8, 4) is 17.2 Å². The lowest BCUT2D eigenvalue weighted by Gasteiger charge is -2.06. The third-order valence-electron chi connectivity index (χ3n) is 2.65. The number of rotatable bonds is 2. The van der Waals surface area contributed by atoms with E-state index in [-0.39, 0.29) is 5.56 Å². The molecule has 0 aliphatic heterocycles. The van der Waals surface area contributed by atoms with Crippen molar-refractivity contribution in [3.63, 3.8) is 0 Å². The molecule has 0 aliphatic carbocycles. The fourth-order valence-corrected chi connectivity index (χ4v) is 1.77. The summed E-state index contributed by atoms with van der Waals surface area (Å²) in [6.45, 7) is 1.83. The first-order valence-electron chi connectivity index (χ1n) is 5.31. The number of nitriles is 1. The van der Waals surface area contributed by atoms with Crippen LogP contribution in [0.1, 0.15) is 21.5 Å². The van der Waals surface area contributed by atoms with Crippen molar-refractivity contribution in [2.24, 2.45) is 0 Å². The maximum absolute atomic E-state index is 10.8. The number of carboxylic acid groups (broad SMARTS) is 1. The minimum atomic E-state index is -0.950. The molecule has 18 heavy (non-hydrogen) atoms. The molecule has 0 unspecified atom stereocenters. The molecule has 0 bridgehead atoms. The number of benzene rings is 1. The summed E-state index contributed by atoms with van der Waals surface area (Å²) in [6, 6.07) is 8.65. The molecule has 1 heterocycles. The number of carbonyl (C=O) groups is 1. The lowest BCUT2D eigenvalue weighted by atomic mass is 9.99. The van der Waals surface area contributed by atoms with Crippen LogP contribution in [-0.2, 0) is 0 Å². The van der Waals surface area contributed by atoms with Gasteiger partial charge in [0, 0.05) is 18.0 Å². The van der Waals surface area contributed by atoms with E-state index in [9.17, 15) is 4.79 Å². The number of aromatic carboxylic acids is 1. The summed E-state index contributed by atoms with van der Waals surface area (Å²) < 4.78 is 0. The van der Waals surface area contributed by atoms with Gasteiger partial charge in [0.15, 0.2) is 0 Å². The zero-order valence-electron chi connectivity index (χ0n) is 9.71. The van der Waals surface area contributed by atoms with Gasteiger partial charge < -0.3 is 5.11 Å². The second-order valence-corrected chi connectivity index (χ2v) is 3.91. The zero-order valence-corrected chi connectivity index (χ0v) is 9.71. The summed E-state index contributed by atoms with van der Waals surface area (Å²) in [5, 5.41) is 17.7. The SMILES string of the molecule is Cc1cc(C(=O)O)ccc1-c1cncc(C#N)c1. The lowest BCUT2D eigenvalue weighted by molar-refractivity contribution is 0.0697. The Bertz CT molecular complexity index is 657. The van der Waals surface area contributed by atoms with E-state index in [4.69, 9.17) is 10.4 Å². The van der Waals surface area contributed by atoms with Crippen molar-refractivity contribution in [3.05, 3.63) is 53.3 Å². The summed E-state index contributed by atoms with van der Waals surface area (Å²) in [5.41, 5.74) is 3.26. The molecule has 2 aromatic rings. The summed E-state index contributed by atoms with van der Waals surface area (Å²) >= 11 is 0. The normalized spacial score (nSPS) is 9.78. The largest absolute Gasteiger partial charge is 0.478 e. The second-order valence-electron chi connectivity index (χ2n) is 3.91. The highest BCUT2D eigenvalue weighted by molar-refractivity contribution is 5.89. The van der Waals surface area contributed by atoms with Crippen LogP contribution >= 0.6 is 0 Å². The van der Waals surface area contributed by atoms with E-state index in [1.807, 2.05) is 13.0 Å². The Hall–Kier alpha value is -2.67. The van der Waals surface area contributed by atoms with E-state index in [2.05, 4.69) is 4.98 Å². The Morgan fingerprint density at radius 1 is 1.33 bits per heavy atom. The highest BCUT2D eigenvalue weighted by Crippen LogP contribution is 2.24. The minimum Gasteiger partial charge on any atom is -0.478 e. The predicted octanol–water partition coefficient (Wildman–Crippen LogP) is 2.63. The highest BCUT2D eigenvalue weighted by atomic mass is 16.4. The van der Waals surface area contributed by atoms with Crippen LogP contribution in [-0.4, -0.2) is 16.1 Å². The van der Waals surface area contributed by atoms with Gasteiger partial charge in [0.05, 0.1) is 11.1 Å². The van der Waals surface area contributed by atoms with Crippen LogP contribution in [0.4, 0.5) is 0 Å². The molecule has 2 rings (SSSR count). The summed E-state index contributed by atoms with van der Waals surface area (Å²) in [4.78, 5) is 14.8. The van der Waals surface area contributed by atoms with Crippen LogP contribution in [0.2, 0.25) is 0 Å². The first kappa shape index (κ1) is 11.8. The smallest absolute Gasteiger partial charge is 0.335 e. The van der Waals surface area contributed by atoms with E-state index in [1.54, 1.807) is 30.5 Å². The standard InChI is InChI=1S/C14H10N2O2/c1-9-4-11(14(17)18)2-3-13(9)12-5-10(6-15)7-16-8-12/h2-5,7-8H,1H3,(H,17,18). The maximum atomic E-state index is 10.8. The van der Waals surface area contributed by atoms with Crippen LogP contribution in [0.5, 0.6) is 0 Å². The molecule has 1 N–H and O–H groups in total. The van der Waals surface area contributed by atoms with Gasteiger partial charge in [0.25, 0.3) is 0 Å². The summed E-state index contributed by atoms with van der Waals surface area (Å²) in [7, 11) is 0. The van der Waals surface area contributed by atoms with E-state index in [1.165, 1.54) is 6.20 Å². The summed E-state index contributed by atoms with van der Waals surface area (Å²) in [5.74, 6) is -0.950. The van der Waals surface area contributed by atoms with E-state index < -0.39 is 5.97 Å². The molecule has 4 heteroatoms. The molecule has 0 saturated heterocycles. The predicted molar refractivity (Wildman–Crippen MR) is 66.1 cm³/mol. The Labute approximate surface area is 104 Å². The maximum Gasteiger partial charge on any atom is 0.335 e. The zero-order chi connectivity index (χ0) is 13.1. The third kappa shape index (κ3) is 2.20. The number of hydrogen-bond donors (Lipinski definition) is 1. The van der Waals surface area contributed by atoms with Gasteiger partial charge in [-0.25, -0.2) is 4.79 Å². The van der Waals surface area contributed by atoms with Gasteiger partial charge >= 0.3 is 5.97 Å². The molecule has 0 fully saturated rings.